The van der Waals surface area contributed by atoms with Crippen molar-refractivity contribution in [1.82, 2.24) is 4.98 Å². The summed E-state index contributed by atoms with van der Waals surface area (Å²) in [5, 5.41) is 0. The van der Waals surface area contributed by atoms with Gasteiger partial charge in [-0.2, -0.15) is 0 Å². The molecule has 2 rings (SSSR count). The van der Waals surface area contributed by atoms with Gasteiger partial charge in [-0.1, -0.05) is 0 Å². The van der Waals surface area contributed by atoms with Gasteiger partial charge in [0.1, 0.15) is 5.82 Å². The third kappa shape index (κ3) is 2.27. The molecule has 1 aromatic heterocycles. The normalized spacial score (nSPS) is 10.2. The maximum atomic E-state index is 13.2. The highest BCUT2D eigenvalue weighted by Crippen LogP contribution is 2.31. The zero-order valence-corrected chi connectivity index (χ0v) is 10.5. The number of methoxy groups -OCH3 is 2. The summed E-state index contributed by atoms with van der Waals surface area (Å²) < 4.78 is 23.6. The number of aryl methyl sites for hydroxylation is 1. The largest absolute Gasteiger partial charge is 0.493 e. The Hall–Kier alpha value is -2.10. The van der Waals surface area contributed by atoms with Crippen LogP contribution in [0.2, 0.25) is 0 Å². The lowest BCUT2D eigenvalue weighted by atomic mass is 10.1. The molecule has 0 N–H and O–H groups in total. The SMILES string of the molecule is COc1ccc(-c2ccc(F)c(C)n2)cc1OC. The third-order valence-corrected chi connectivity index (χ3v) is 2.70. The number of hydrogen-bond donors (Lipinski definition) is 0. The van der Waals surface area contributed by atoms with Gasteiger partial charge in [-0.05, 0) is 37.3 Å². The van der Waals surface area contributed by atoms with Crippen molar-refractivity contribution in [3.63, 3.8) is 0 Å². The molecule has 0 radical (unpaired) electrons. The summed E-state index contributed by atoms with van der Waals surface area (Å²) in [5.74, 6) is 0.970. The predicted octanol–water partition coefficient (Wildman–Crippen LogP) is 3.21. The van der Waals surface area contributed by atoms with Gasteiger partial charge in [0.2, 0.25) is 0 Å². The van der Waals surface area contributed by atoms with E-state index in [1.807, 2.05) is 12.1 Å². The molecule has 0 amide bonds. The van der Waals surface area contributed by atoms with E-state index in [1.54, 1.807) is 33.3 Å². The van der Waals surface area contributed by atoms with Crippen molar-refractivity contribution in [3.05, 3.63) is 41.8 Å². The van der Waals surface area contributed by atoms with E-state index in [1.165, 1.54) is 6.07 Å². The molecule has 0 bridgehead atoms. The maximum Gasteiger partial charge on any atom is 0.161 e. The molecule has 2 aromatic rings. The quantitative estimate of drug-likeness (QED) is 0.834. The van der Waals surface area contributed by atoms with E-state index in [2.05, 4.69) is 4.98 Å². The Morgan fingerprint density at radius 2 is 1.72 bits per heavy atom. The fourth-order valence-electron chi connectivity index (χ4n) is 1.70. The Morgan fingerprint density at radius 1 is 1.00 bits per heavy atom. The van der Waals surface area contributed by atoms with E-state index in [0.29, 0.717) is 22.9 Å². The van der Waals surface area contributed by atoms with Crippen LogP contribution in [0.1, 0.15) is 5.69 Å². The van der Waals surface area contributed by atoms with E-state index in [-0.39, 0.29) is 5.82 Å². The molecule has 0 aliphatic heterocycles. The molecule has 3 nitrogen and oxygen atoms in total. The first-order chi connectivity index (χ1) is 8.65. The molecule has 0 saturated heterocycles. The highest BCUT2D eigenvalue weighted by atomic mass is 19.1. The fourth-order valence-corrected chi connectivity index (χ4v) is 1.70. The van der Waals surface area contributed by atoms with Crippen molar-refractivity contribution in [2.75, 3.05) is 14.2 Å². The van der Waals surface area contributed by atoms with Crippen LogP contribution in [0.3, 0.4) is 0 Å². The second-order valence-corrected chi connectivity index (χ2v) is 3.83. The van der Waals surface area contributed by atoms with Gasteiger partial charge in [-0.3, -0.25) is 4.98 Å². The summed E-state index contributed by atoms with van der Waals surface area (Å²) in [7, 11) is 3.16. The maximum absolute atomic E-state index is 13.2. The first kappa shape index (κ1) is 12.4. The molecule has 0 fully saturated rings. The number of ether oxygens (including phenoxy) is 2. The van der Waals surface area contributed by atoms with Crippen molar-refractivity contribution in [1.29, 1.82) is 0 Å². The van der Waals surface area contributed by atoms with Gasteiger partial charge in [-0.15, -0.1) is 0 Å². The smallest absolute Gasteiger partial charge is 0.161 e. The number of benzene rings is 1. The Morgan fingerprint density at radius 3 is 2.33 bits per heavy atom. The Bertz CT molecular complexity index is 570. The van der Waals surface area contributed by atoms with Gasteiger partial charge in [0.25, 0.3) is 0 Å². The van der Waals surface area contributed by atoms with Crippen molar-refractivity contribution in [2.24, 2.45) is 0 Å². The first-order valence-corrected chi connectivity index (χ1v) is 5.51. The molecule has 0 aliphatic rings. The molecule has 1 heterocycles. The van der Waals surface area contributed by atoms with Crippen LogP contribution in [0.15, 0.2) is 30.3 Å². The van der Waals surface area contributed by atoms with Crippen LogP contribution in [0.5, 0.6) is 11.5 Å². The standard InChI is InChI=1S/C14H14FNO2/c1-9-11(15)5-6-12(16-9)10-4-7-13(17-2)14(8-10)18-3/h4-8H,1-3H3. The second-order valence-electron chi connectivity index (χ2n) is 3.83. The van der Waals surface area contributed by atoms with Crippen LogP contribution in [0.25, 0.3) is 11.3 Å². The minimum absolute atomic E-state index is 0.306. The van der Waals surface area contributed by atoms with Gasteiger partial charge >= 0.3 is 0 Å². The molecular weight excluding hydrogens is 233 g/mol. The molecule has 4 heteroatoms. The van der Waals surface area contributed by atoms with Crippen molar-refractivity contribution >= 4 is 0 Å². The van der Waals surface area contributed by atoms with Crippen LogP contribution in [-0.2, 0) is 0 Å². The summed E-state index contributed by atoms with van der Waals surface area (Å²) in [5.41, 5.74) is 1.94. The first-order valence-electron chi connectivity index (χ1n) is 5.51. The summed E-state index contributed by atoms with van der Waals surface area (Å²) in [4.78, 5) is 4.20. The molecule has 1 aromatic carbocycles. The van der Waals surface area contributed by atoms with Gasteiger partial charge in [0, 0.05) is 5.56 Å². The molecule has 0 aliphatic carbocycles. The van der Waals surface area contributed by atoms with Crippen LogP contribution in [0.4, 0.5) is 4.39 Å². The number of nitrogens with zero attached hydrogens (tertiary/aromatic N) is 1. The Balaban J connectivity index is 2.47. The number of hydrogen-bond acceptors (Lipinski definition) is 3. The highest BCUT2D eigenvalue weighted by molar-refractivity contribution is 5.64. The number of pyridine rings is 1. The number of halogens is 1. The molecular formula is C14H14FNO2. The van der Waals surface area contributed by atoms with Gasteiger partial charge in [0.05, 0.1) is 25.6 Å². The molecule has 0 unspecified atom stereocenters. The zero-order valence-electron chi connectivity index (χ0n) is 10.5. The van der Waals surface area contributed by atoms with E-state index < -0.39 is 0 Å². The van der Waals surface area contributed by atoms with Gasteiger partial charge in [-0.25, -0.2) is 4.39 Å². The number of aromatic nitrogens is 1. The molecule has 0 saturated carbocycles. The molecule has 18 heavy (non-hydrogen) atoms. The van der Waals surface area contributed by atoms with E-state index >= 15 is 0 Å². The predicted molar refractivity (Wildman–Crippen MR) is 67.5 cm³/mol. The van der Waals surface area contributed by atoms with Crippen molar-refractivity contribution < 1.29 is 13.9 Å². The lowest BCUT2D eigenvalue weighted by Gasteiger charge is -2.09. The van der Waals surface area contributed by atoms with Crippen molar-refractivity contribution in [3.8, 4) is 22.8 Å². The van der Waals surface area contributed by atoms with Crippen LogP contribution >= 0.6 is 0 Å². The average molecular weight is 247 g/mol. The second kappa shape index (κ2) is 5.04. The van der Waals surface area contributed by atoms with Gasteiger partial charge < -0.3 is 9.47 Å². The van der Waals surface area contributed by atoms with Crippen molar-refractivity contribution in [2.45, 2.75) is 6.92 Å². The topological polar surface area (TPSA) is 31.4 Å². The molecule has 0 atom stereocenters. The summed E-state index contributed by atoms with van der Waals surface area (Å²) in [6.07, 6.45) is 0. The molecule has 0 spiro atoms. The van der Waals surface area contributed by atoms with Gasteiger partial charge in [0.15, 0.2) is 11.5 Å². The third-order valence-electron chi connectivity index (χ3n) is 2.70. The summed E-state index contributed by atoms with van der Waals surface area (Å²) in [6, 6.07) is 8.53. The van der Waals surface area contributed by atoms with Crippen LogP contribution in [-0.4, -0.2) is 19.2 Å². The van der Waals surface area contributed by atoms with E-state index in [4.69, 9.17) is 9.47 Å². The summed E-state index contributed by atoms with van der Waals surface area (Å²) in [6.45, 7) is 1.64. The molecule has 94 valence electrons. The van der Waals surface area contributed by atoms with E-state index in [0.717, 1.165) is 5.56 Å². The lowest BCUT2D eigenvalue weighted by molar-refractivity contribution is 0.355. The van der Waals surface area contributed by atoms with E-state index in [9.17, 15) is 4.39 Å². The zero-order chi connectivity index (χ0) is 13.1. The average Bonchev–Trinajstić information content (AvgIpc) is 2.41. The minimum Gasteiger partial charge on any atom is -0.493 e. The minimum atomic E-state index is -0.306. The highest BCUT2D eigenvalue weighted by Gasteiger charge is 2.08. The fraction of sp³-hybridized carbons (Fsp3) is 0.214. The van der Waals surface area contributed by atoms with Crippen LogP contribution < -0.4 is 9.47 Å². The Labute approximate surface area is 105 Å². The monoisotopic (exact) mass is 247 g/mol. The van der Waals surface area contributed by atoms with Crippen LogP contribution in [0, 0.1) is 12.7 Å². The summed E-state index contributed by atoms with van der Waals surface area (Å²) >= 11 is 0. The Kier molecular flexibility index (Phi) is 3.46. The lowest BCUT2D eigenvalue weighted by Crippen LogP contribution is -1.93. The number of rotatable bonds is 3.